The summed E-state index contributed by atoms with van der Waals surface area (Å²) in [5.74, 6) is -0.442. The van der Waals surface area contributed by atoms with E-state index in [2.05, 4.69) is 5.32 Å². The highest BCUT2D eigenvalue weighted by Gasteiger charge is 2.34. The predicted octanol–water partition coefficient (Wildman–Crippen LogP) is 3.32. The summed E-state index contributed by atoms with van der Waals surface area (Å²) < 4.78 is 10.2. The maximum absolute atomic E-state index is 12.6. The van der Waals surface area contributed by atoms with Crippen LogP contribution in [0.25, 0.3) is 0 Å². The third kappa shape index (κ3) is 4.00. The van der Waals surface area contributed by atoms with Crippen LogP contribution in [0.15, 0.2) is 29.5 Å². The molecule has 1 heterocycles. The highest BCUT2D eigenvalue weighted by molar-refractivity contribution is 7.80. The highest BCUT2D eigenvalue weighted by atomic mass is 35.5. The van der Waals surface area contributed by atoms with Crippen molar-refractivity contribution in [1.29, 1.82) is 0 Å². The molecule has 2 rings (SSSR count). The first-order valence-electron chi connectivity index (χ1n) is 7.22. The largest absolute Gasteiger partial charge is 0.460 e. The molecule has 1 aromatic carbocycles. The Hall–Kier alpha value is -1.34. The van der Waals surface area contributed by atoms with Crippen LogP contribution >= 0.6 is 35.4 Å². The van der Waals surface area contributed by atoms with E-state index in [1.165, 1.54) is 0 Å². The second-order valence-electron chi connectivity index (χ2n) is 5.24. The second kappa shape index (κ2) is 8.16. The Morgan fingerprint density at radius 3 is 2.71 bits per heavy atom. The van der Waals surface area contributed by atoms with E-state index in [1.54, 1.807) is 37.3 Å². The van der Waals surface area contributed by atoms with E-state index in [0.717, 1.165) is 0 Å². The summed E-state index contributed by atoms with van der Waals surface area (Å²) in [6.07, 6.45) is 0. The molecule has 5 nitrogen and oxygen atoms in total. The number of hydrogen-bond acceptors (Lipinski definition) is 4. The van der Waals surface area contributed by atoms with E-state index < -0.39 is 12.0 Å². The molecule has 0 spiro atoms. The van der Waals surface area contributed by atoms with E-state index in [1.807, 2.05) is 6.92 Å². The average molecular weight is 389 g/mol. The van der Waals surface area contributed by atoms with Crippen molar-refractivity contribution in [2.75, 3.05) is 27.4 Å². The minimum Gasteiger partial charge on any atom is -0.460 e. The molecule has 0 saturated heterocycles. The number of rotatable bonds is 5. The van der Waals surface area contributed by atoms with Gasteiger partial charge in [-0.25, -0.2) is 4.79 Å². The van der Waals surface area contributed by atoms with Crippen LogP contribution in [0.1, 0.15) is 18.5 Å². The van der Waals surface area contributed by atoms with Gasteiger partial charge in [0.05, 0.1) is 18.2 Å². The molecule has 1 N–H and O–H groups in total. The van der Waals surface area contributed by atoms with Crippen molar-refractivity contribution < 1.29 is 14.3 Å². The molecule has 0 aliphatic carbocycles. The number of nitrogens with one attached hydrogen (secondary N) is 1. The summed E-state index contributed by atoms with van der Waals surface area (Å²) in [6.45, 7) is 2.31. The number of allylic oxidation sites excluding steroid dienone is 1. The van der Waals surface area contributed by atoms with Gasteiger partial charge in [-0.05, 0) is 36.8 Å². The van der Waals surface area contributed by atoms with Gasteiger partial charge in [0.15, 0.2) is 5.11 Å². The summed E-state index contributed by atoms with van der Waals surface area (Å²) >= 11 is 17.6. The van der Waals surface area contributed by atoms with Crippen molar-refractivity contribution in [3.8, 4) is 0 Å². The van der Waals surface area contributed by atoms with Crippen molar-refractivity contribution >= 4 is 46.5 Å². The lowest BCUT2D eigenvalue weighted by Gasteiger charge is -2.35. The van der Waals surface area contributed by atoms with Gasteiger partial charge in [0.2, 0.25) is 0 Å². The Morgan fingerprint density at radius 2 is 2.08 bits per heavy atom. The molecule has 0 aromatic heterocycles. The summed E-state index contributed by atoms with van der Waals surface area (Å²) in [5, 5.41) is 4.60. The fraction of sp³-hybridized carbons (Fsp3) is 0.375. The summed E-state index contributed by atoms with van der Waals surface area (Å²) in [5.41, 5.74) is 1.86. The van der Waals surface area contributed by atoms with Gasteiger partial charge in [0.1, 0.15) is 6.61 Å². The van der Waals surface area contributed by atoms with Crippen molar-refractivity contribution in [1.82, 2.24) is 10.2 Å². The zero-order chi connectivity index (χ0) is 17.9. The molecule has 8 heteroatoms. The molecule has 0 bridgehead atoms. The van der Waals surface area contributed by atoms with Crippen LogP contribution < -0.4 is 5.32 Å². The Kier molecular flexibility index (Phi) is 6.46. The number of nitrogens with zero attached hydrogens (tertiary/aromatic N) is 1. The fourth-order valence-corrected chi connectivity index (χ4v) is 3.14. The molecule has 24 heavy (non-hydrogen) atoms. The van der Waals surface area contributed by atoms with Gasteiger partial charge in [-0.2, -0.15) is 0 Å². The molecule has 0 radical (unpaired) electrons. The number of carbonyl (C=O) groups excluding carboxylic acids is 1. The lowest BCUT2D eigenvalue weighted by Crippen LogP contribution is -2.46. The zero-order valence-electron chi connectivity index (χ0n) is 13.6. The Balaban J connectivity index is 2.43. The summed E-state index contributed by atoms with van der Waals surface area (Å²) in [4.78, 5) is 14.3. The first-order valence-corrected chi connectivity index (χ1v) is 8.39. The first kappa shape index (κ1) is 19.0. The van der Waals surface area contributed by atoms with Crippen LogP contribution in [-0.2, 0) is 14.3 Å². The van der Waals surface area contributed by atoms with Gasteiger partial charge in [0, 0.05) is 29.9 Å². The second-order valence-corrected chi connectivity index (χ2v) is 6.47. The maximum Gasteiger partial charge on any atom is 0.338 e. The van der Waals surface area contributed by atoms with Gasteiger partial charge in [-0.15, -0.1) is 0 Å². The van der Waals surface area contributed by atoms with E-state index in [-0.39, 0.29) is 6.61 Å². The third-order valence-corrected chi connectivity index (χ3v) is 4.72. The zero-order valence-corrected chi connectivity index (χ0v) is 15.9. The summed E-state index contributed by atoms with van der Waals surface area (Å²) in [6, 6.07) is 4.61. The van der Waals surface area contributed by atoms with Gasteiger partial charge in [-0.1, -0.05) is 29.3 Å². The van der Waals surface area contributed by atoms with Gasteiger partial charge in [0.25, 0.3) is 0 Å². The Bertz CT molecular complexity index is 694. The minimum absolute atomic E-state index is 0.168. The minimum atomic E-state index is -0.506. The Morgan fingerprint density at radius 1 is 1.38 bits per heavy atom. The molecule has 1 aromatic rings. The van der Waals surface area contributed by atoms with Crippen molar-refractivity contribution in [3.05, 3.63) is 45.1 Å². The molecule has 0 amide bonds. The van der Waals surface area contributed by atoms with Crippen LogP contribution in [0, 0.1) is 0 Å². The van der Waals surface area contributed by atoms with Crippen LogP contribution in [0.5, 0.6) is 0 Å². The van der Waals surface area contributed by atoms with Gasteiger partial charge >= 0.3 is 5.97 Å². The maximum atomic E-state index is 12.6. The van der Waals surface area contributed by atoms with E-state index in [0.29, 0.717) is 38.6 Å². The van der Waals surface area contributed by atoms with Gasteiger partial charge in [-0.3, -0.25) is 0 Å². The van der Waals surface area contributed by atoms with Crippen molar-refractivity contribution in [2.24, 2.45) is 0 Å². The summed E-state index contributed by atoms with van der Waals surface area (Å²) in [7, 11) is 3.33. The quantitative estimate of drug-likeness (QED) is 0.474. The lowest BCUT2D eigenvalue weighted by atomic mass is 9.95. The standard InChI is InChI=1S/C16H18Cl2N2O3S/c1-9-13(15(21)23-7-6-22-3)14(19-16(24)20(9)2)11-5-4-10(17)8-12(11)18/h4-5,8,14H,6-7H2,1-3H3,(H,19,24)/t14-/m1/s1. The normalized spacial score (nSPS) is 17.8. The number of methoxy groups -OCH3 is 1. The third-order valence-electron chi connectivity index (χ3n) is 3.77. The lowest BCUT2D eigenvalue weighted by molar-refractivity contribution is -0.140. The number of hydrogen-bond donors (Lipinski definition) is 1. The molecule has 1 aliphatic heterocycles. The molecular formula is C16H18Cl2N2O3S. The number of carbonyl (C=O) groups is 1. The van der Waals surface area contributed by atoms with E-state index >= 15 is 0 Å². The molecule has 0 fully saturated rings. The van der Waals surface area contributed by atoms with Crippen LogP contribution in [-0.4, -0.2) is 43.4 Å². The Labute approximate surface area is 156 Å². The number of ether oxygens (including phenoxy) is 2. The molecule has 1 aliphatic rings. The van der Waals surface area contributed by atoms with Crippen molar-refractivity contribution in [2.45, 2.75) is 13.0 Å². The molecule has 1 atom stereocenters. The number of benzene rings is 1. The van der Waals surface area contributed by atoms with Gasteiger partial charge < -0.3 is 19.7 Å². The van der Waals surface area contributed by atoms with Crippen LogP contribution in [0.4, 0.5) is 0 Å². The number of halogens is 2. The molecule has 0 unspecified atom stereocenters. The predicted molar refractivity (Wildman–Crippen MR) is 98.2 cm³/mol. The van der Waals surface area contributed by atoms with E-state index in [9.17, 15) is 4.79 Å². The molecule has 130 valence electrons. The SMILES string of the molecule is COCCOC(=O)C1=C(C)N(C)C(=S)N[C@@H]1c1ccc(Cl)cc1Cl. The first-order chi connectivity index (χ1) is 11.4. The van der Waals surface area contributed by atoms with Crippen molar-refractivity contribution in [3.63, 3.8) is 0 Å². The smallest absolute Gasteiger partial charge is 0.338 e. The number of thiocarbonyl (C=S) groups is 1. The topological polar surface area (TPSA) is 50.8 Å². The average Bonchev–Trinajstić information content (AvgIpc) is 2.52. The number of esters is 1. The molecule has 0 saturated carbocycles. The highest BCUT2D eigenvalue weighted by Crippen LogP contribution is 2.35. The monoisotopic (exact) mass is 388 g/mol. The fourth-order valence-electron chi connectivity index (χ4n) is 2.36. The molecular weight excluding hydrogens is 371 g/mol. The van der Waals surface area contributed by atoms with Crippen LogP contribution in [0.2, 0.25) is 10.0 Å². The van der Waals surface area contributed by atoms with E-state index in [4.69, 9.17) is 44.9 Å². The van der Waals surface area contributed by atoms with Crippen LogP contribution in [0.3, 0.4) is 0 Å².